The normalized spacial score (nSPS) is 16.6. The molecule has 1 fully saturated rings. The van der Waals surface area contributed by atoms with Crippen LogP contribution < -0.4 is 5.73 Å². The number of pyridine rings is 2. The minimum atomic E-state index is -0.367. The number of hydrogen-bond donors (Lipinski definition) is 2. The number of fused-ring (bicyclic) bond motifs is 1. The standard InChI is InChI=1S/C26H28N6O2/c1-17-4-2-6-24(30-17)25-22(15-29-31-25)18-7-8-23-19(12-18)13-20(14-28-23)26(33)34-11-10-32-9-3-5-21(27)16-32/h2,4,6-8,12-15,21H,3,5,9-11,16,27H2,1H3,(H,29,31)/t21-/m0/s1. The number of carbonyl (C=O) groups excluding carboxylic acids is 1. The highest BCUT2D eigenvalue weighted by Crippen LogP contribution is 2.31. The molecule has 3 aromatic heterocycles. The average Bonchev–Trinajstić information content (AvgIpc) is 3.33. The highest BCUT2D eigenvalue weighted by atomic mass is 16.5. The predicted molar refractivity (Wildman–Crippen MR) is 131 cm³/mol. The Hall–Kier alpha value is -3.62. The molecule has 0 radical (unpaired) electrons. The average molecular weight is 457 g/mol. The fraction of sp³-hybridized carbons (Fsp3) is 0.308. The number of nitrogens with zero attached hydrogens (tertiary/aromatic N) is 4. The van der Waals surface area contributed by atoms with Gasteiger partial charge in [-0.05, 0) is 62.2 Å². The molecular weight excluding hydrogens is 428 g/mol. The second-order valence-corrected chi connectivity index (χ2v) is 8.79. The van der Waals surface area contributed by atoms with E-state index in [9.17, 15) is 4.79 Å². The Labute approximate surface area is 198 Å². The van der Waals surface area contributed by atoms with E-state index in [1.165, 1.54) is 0 Å². The Morgan fingerprint density at radius 2 is 2.15 bits per heavy atom. The summed E-state index contributed by atoms with van der Waals surface area (Å²) >= 11 is 0. The fourth-order valence-electron chi connectivity index (χ4n) is 4.44. The van der Waals surface area contributed by atoms with Gasteiger partial charge < -0.3 is 10.5 Å². The number of aryl methyl sites for hydroxylation is 1. The van der Waals surface area contributed by atoms with Gasteiger partial charge in [-0.2, -0.15) is 5.10 Å². The van der Waals surface area contributed by atoms with Gasteiger partial charge in [0.05, 0.1) is 28.7 Å². The zero-order chi connectivity index (χ0) is 23.5. The molecule has 1 aromatic carbocycles. The number of benzene rings is 1. The molecule has 1 atom stereocenters. The predicted octanol–water partition coefficient (Wildman–Crippen LogP) is 3.58. The molecule has 0 saturated carbocycles. The molecule has 0 amide bonds. The van der Waals surface area contributed by atoms with Crippen LogP contribution in [0.4, 0.5) is 0 Å². The van der Waals surface area contributed by atoms with Gasteiger partial charge in [0.2, 0.25) is 0 Å². The van der Waals surface area contributed by atoms with Crippen LogP contribution in [0.1, 0.15) is 28.9 Å². The lowest BCUT2D eigenvalue weighted by molar-refractivity contribution is 0.0447. The number of hydrogen-bond acceptors (Lipinski definition) is 7. The first-order valence-electron chi connectivity index (χ1n) is 11.6. The van der Waals surface area contributed by atoms with Crippen molar-refractivity contribution in [1.82, 2.24) is 25.1 Å². The van der Waals surface area contributed by atoms with E-state index in [4.69, 9.17) is 10.5 Å². The molecule has 34 heavy (non-hydrogen) atoms. The monoisotopic (exact) mass is 456 g/mol. The maximum absolute atomic E-state index is 12.7. The third-order valence-electron chi connectivity index (χ3n) is 6.19. The van der Waals surface area contributed by atoms with E-state index in [-0.39, 0.29) is 12.0 Å². The molecule has 3 N–H and O–H groups in total. The van der Waals surface area contributed by atoms with Gasteiger partial charge in [-0.25, -0.2) is 4.79 Å². The van der Waals surface area contributed by atoms with Crippen molar-refractivity contribution in [2.75, 3.05) is 26.2 Å². The lowest BCUT2D eigenvalue weighted by atomic mass is 10.0. The Morgan fingerprint density at radius 1 is 1.24 bits per heavy atom. The molecule has 1 saturated heterocycles. The maximum atomic E-state index is 12.7. The summed E-state index contributed by atoms with van der Waals surface area (Å²) in [5.41, 5.74) is 11.8. The zero-order valence-corrected chi connectivity index (χ0v) is 19.2. The molecule has 1 aliphatic heterocycles. The molecule has 174 valence electrons. The van der Waals surface area contributed by atoms with Crippen LogP contribution in [0.3, 0.4) is 0 Å². The number of H-pyrrole nitrogens is 1. The summed E-state index contributed by atoms with van der Waals surface area (Å²) in [5.74, 6) is -0.367. The number of ether oxygens (including phenoxy) is 1. The van der Waals surface area contributed by atoms with Gasteiger partial charge in [0, 0.05) is 42.0 Å². The van der Waals surface area contributed by atoms with Crippen molar-refractivity contribution in [3.63, 3.8) is 0 Å². The van der Waals surface area contributed by atoms with Gasteiger partial charge in [0.25, 0.3) is 0 Å². The smallest absolute Gasteiger partial charge is 0.339 e. The summed E-state index contributed by atoms with van der Waals surface area (Å²) in [4.78, 5) is 24.0. The molecule has 5 rings (SSSR count). The van der Waals surface area contributed by atoms with Crippen LogP contribution in [0, 0.1) is 6.92 Å². The summed E-state index contributed by atoms with van der Waals surface area (Å²) in [6.45, 7) is 4.85. The summed E-state index contributed by atoms with van der Waals surface area (Å²) in [6.07, 6.45) is 5.51. The number of piperidine rings is 1. The first-order chi connectivity index (χ1) is 16.6. The van der Waals surface area contributed by atoms with Crippen LogP contribution in [0.2, 0.25) is 0 Å². The van der Waals surface area contributed by atoms with Crippen LogP contribution in [0.15, 0.2) is 54.9 Å². The van der Waals surface area contributed by atoms with Gasteiger partial charge in [-0.1, -0.05) is 12.1 Å². The van der Waals surface area contributed by atoms with E-state index in [0.29, 0.717) is 18.7 Å². The van der Waals surface area contributed by atoms with E-state index in [2.05, 4.69) is 25.1 Å². The third kappa shape index (κ3) is 4.83. The van der Waals surface area contributed by atoms with E-state index < -0.39 is 0 Å². The van der Waals surface area contributed by atoms with Gasteiger partial charge in [-0.3, -0.25) is 20.0 Å². The Morgan fingerprint density at radius 3 is 3.00 bits per heavy atom. The number of nitrogens with one attached hydrogen (secondary N) is 1. The SMILES string of the molecule is Cc1cccc(-c2[nH]ncc2-c2ccc3ncc(C(=O)OCCN4CCC[C@H](N)C4)cc3c2)n1. The maximum Gasteiger partial charge on any atom is 0.339 e. The molecule has 0 unspecified atom stereocenters. The quantitative estimate of drug-likeness (QED) is 0.427. The van der Waals surface area contributed by atoms with Crippen LogP contribution in [-0.2, 0) is 4.74 Å². The molecule has 0 bridgehead atoms. The van der Waals surface area contributed by atoms with Gasteiger partial charge in [0.15, 0.2) is 0 Å². The van der Waals surface area contributed by atoms with Crippen molar-refractivity contribution in [1.29, 1.82) is 0 Å². The third-order valence-corrected chi connectivity index (χ3v) is 6.19. The van der Waals surface area contributed by atoms with Crippen LogP contribution in [0.5, 0.6) is 0 Å². The van der Waals surface area contributed by atoms with Crippen LogP contribution in [-0.4, -0.2) is 63.3 Å². The second-order valence-electron chi connectivity index (χ2n) is 8.79. The highest BCUT2D eigenvalue weighted by Gasteiger charge is 2.17. The lowest BCUT2D eigenvalue weighted by Gasteiger charge is -2.30. The summed E-state index contributed by atoms with van der Waals surface area (Å²) in [5, 5.41) is 8.16. The molecule has 4 aromatic rings. The number of carbonyl (C=O) groups is 1. The molecule has 8 heteroatoms. The fourth-order valence-corrected chi connectivity index (χ4v) is 4.44. The van der Waals surface area contributed by atoms with E-state index in [1.54, 1.807) is 12.4 Å². The molecule has 0 aliphatic carbocycles. The Kier molecular flexibility index (Phi) is 6.33. The topological polar surface area (TPSA) is 110 Å². The second kappa shape index (κ2) is 9.70. The molecule has 0 spiro atoms. The van der Waals surface area contributed by atoms with Gasteiger partial charge >= 0.3 is 5.97 Å². The van der Waals surface area contributed by atoms with Crippen molar-refractivity contribution in [3.8, 4) is 22.5 Å². The van der Waals surface area contributed by atoms with E-state index >= 15 is 0 Å². The summed E-state index contributed by atoms with van der Waals surface area (Å²) in [6, 6.07) is 13.9. The van der Waals surface area contributed by atoms with Crippen molar-refractivity contribution >= 4 is 16.9 Å². The number of nitrogens with two attached hydrogens (primary N) is 1. The zero-order valence-electron chi connectivity index (χ0n) is 19.2. The van der Waals surface area contributed by atoms with Crippen LogP contribution in [0.25, 0.3) is 33.4 Å². The molecule has 1 aliphatic rings. The van der Waals surface area contributed by atoms with Crippen molar-refractivity contribution < 1.29 is 9.53 Å². The van der Waals surface area contributed by atoms with Crippen molar-refractivity contribution in [2.45, 2.75) is 25.8 Å². The minimum absolute atomic E-state index is 0.209. The van der Waals surface area contributed by atoms with Gasteiger partial charge in [0.1, 0.15) is 6.61 Å². The number of esters is 1. The van der Waals surface area contributed by atoms with Crippen molar-refractivity contribution in [2.24, 2.45) is 5.73 Å². The first-order valence-corrected chi connectivity index (χ1v) is 11.6. The van der Waals surface area contributed by atoms with Crippen molar-refractivity contribution in [3.05, 3.63) is 66.1 Å². The summed E-state index contributed by atoms with van der Waals surface area (Å²) < 4.78 is 5.52. The molecular formula is C26H28N6O2. The van der Waals surface area contributed by atoms with Gasteiger partial charge in [-0.15, -0.1) is 0 Å². The Balaban J connectivity index is 1.33. The van der Waals surface area contributed by atoms with Crippen LogP contribution >= 0.6 is 0 Å². The molecule has 4 heterocycles. The largest absolute Gasteiger partial charge is 0.461 e. The number of likely N-dealkylation sites (tertiary alicyclic amines) is 1. The Bertz CT molecular complexity index is 1320. The van der Waals surface area contributed by atoms with E-state index in [0.717, 1.165) is 65.0 Å². The molecule has 8 nitrogen and oxygen atoms in total. The number of rotatable bonds is 6. The number of aromatic nitrogens is 4. The highest BCUT2D eigenvalue weighted by molar-refractivity contribution is 5.95. The number of aromatic amines is 1. The minimum Gasteiger partial charge on any atom is -0.461 e. The lowest BCUT2D eigenvalue weighted by Crippen LogP contribution is -2.44. The van der Waals surface area contributed by atoms with E-state index in [1.807, 2.05) is 49.4 Å². The summed E-state index contributed by atoms with van der Waals surface area (Å²) in [7, 11) is 0. The first kappa shape index (κ1) is 22.2.